The fourth-order valence-corrected chi connectivity index (χ4v) is 3.08. The Bertz CT molecular complexity index is 494. The predicted molar refractivity (Wildman–Crippen MR) is 97.0 cm³/mol. The largest absolute Gasteiger partial charge is 0.481 e. The lowest BCUT2D eigenvalue weighted by Gasteiger charge is -2.16. The highest BCUT2D eigenvalue weighted by atomic mass is 16.4. The molecule has 0 saturated heterocycles. The summed E-state index contributed by atoms with van der Waals surface area (Å²) in [5, 5.41) is 28.6. The number of carboxylic acid groups (broad SMARTS) is 1. The molecule has 0 aromatic heterocycles. The first-order valence-electron chi connectivity index (χ1n) is 9.00. The van der Waals surface area contributed by atoms with Crippen molar-refractivity contribution >= 4 is 11.8 Å². The van der Waals surface area contributed by atoms with Crippen LogP contribution in [0.2, 0.25) is 0 Å². The van der Waals surface area contributed by atoms with Gasteiger partial charge < -0.3 is 15.3 Å². The van der Waals surface area contributed by atoms with Gasteiger partial charge in [0.25, 0.3) is 0 Å². The van der Waals surface area contributed by atoms with E-state index in [-0.39, 0.29) is 30.5 Å². The van der Waals surface area contributed by atoms with Gasteiger partial charge in [-0.05, 0) is 38.5 Å². The van der Waals surface area contributed by atoms with Crippen molar-refractivity contribution in [2.45, 2.75) is 63.6 Å². The van der Waals surface area contributed by atoms with Crippen molar-refractivity contribution in [1.29, 1.82) is 0 Å². The van der Waals surface area contributed by atoms with Crippen molar-refractivity contribution in [3.05, 3.63) is 37.0 Å². The van der Waals surface area contributed by atoms with Crippen LogP contribution in [-0.4, -0.2) is 39.3 Å². The highest BCUT2D eigenvalue weighted by Crippen LogP contribution is 2.33. The summed E-state index contributed by atoms with van der Waals surface area (Å²) in [6.45, 7) is 3.64. The van der Waals surface area contributed by atoms with Crippen LogP contribution in [0.3, 0.4) is 0 Å². The number of hydrogen-bond donors (Lipinski definition) is 3. The quantitative estimate of drug-likeness (QED) is 0.371. The average Bonchev–Trinajstić information content (AvgIpc) is 2.82. The zero-order chi connectivity index (χ0) is 18.7. The summed E-state index contributed by atoms with van der Waals surface area (Å²) < 4.78 is 0. The molecule has 0 spiro atoms. The molecule has 1 saturated carbocycles. The Morgan fingerprint density at radius 1 is 1.28 bits per heavy atom. The maximum absolute atomic E-state index is 12.1. The molecule has 4 atom stereocenters. The van der Waals surface area contributed by atoms with Crippen LogP contribution < -0.4 is 0 Å². The summed E-state index contributed by atoms with van der Waals surface area (Å²) in [4.78, 5) is 22.5. The van der Waals surface area contributed by atoms with Gasteiger partial charge in [-0.1, -0.05) is 30.4 Å². The fraction of sp³-hybridized carbons (Fsp3) is 0.600. The highest BCUT2D eigenvalue weighted by Gasteiger charge is 2.39. The maximum Gasteiger partial charge on any atom is 0.303 e. The van der Waals surface area contributed by atoms with E-state index in [2.05, 4.69) is 6.58 Å². The van der Waals surface area contributed by atoms with Gasteiger partial charge in [0.2, 0.25) is 0 Å². The minimum Gasteiger partial charge on any atom is -0.481 e. The number of Topliss-reactive ketones (excluding diaryl/α,β-unsaturated/α-hetero) is 1. The normalized spacial score (nSPS) is 25.0. The third-order valence-electron chi connectivity index (χ3n) is 4.51. The van der Waals surface area contributed by atoms with Crippen molar-refractivity contribution in [3.63, 3.8) is 0 Å². The highest BCUT2D eigenvalue weighted by molar-refractivity contribution is 5.84. The molecule has 5 heteroatoms. The Balaban J connectivity index is 2.49. The van der Waals surface area contributed by atoms with Crippen molar-refractivity contribution in [1.82, 2.24) is 0 Å². The predicted octanol–water partition coefficient (Wildman–Crippen LogP) is 3.03. The van der Waals surface area contributed by atoms with E-state index in [1.54, 1.807) is 12.2 Å². The number of aliphatic hydroxyl groups is 2. The third kappa shape index (κ3) is 8.27. The number of rotatable bonds is 12. The van der Waals surface area contributed by atoms with Crippen LogP contribution in [0, 0.1) is 11.8 Å². The first-order chi connectivity index (χ1) is 12.0. The molecule has 0 aromatic rings. The van der Waals surface area contributed by atoms with E-state index in [4.69, 9.17) is 5.11 Å². The molecule has 0 aliphatic heterocycles. The van der Waals surface area contributed by atoms with Crippen LogP contribution in [0.4, 0.5) is 0 Å². The number of carboxylic acids is 1. The second-order valence-corrected chi connectivity index (χ2v) is 6.59. The van der Waals surface area contributed by atoms with E-state index in [1.165, 1.54) is 0 Å². The fourth-order valence-electron chi connectivity index (χ4n) is 3.08. The number of allylic oxidation sites excluding steroid dienone is 3. The third-order valence-corrected chi connectivity index (χ3v) is 4.51. The molecule has 0 aromatic carbocycles. The standard InChI is InChI=1S/C20H30O5/c1-2-3-6-9-15(21)12-13-17-16(18(22)14-19(17)23)10-7-4-5-8-11-20(24)25/h2,4,7,12-13,15-17,19,21,23H,1,3,5-6,8-11,14H2,(H,24,25). The topological polar surface area (TPSA) is 94.8 Å². The number of carbonyl (C=O) groups excluding carboxylic acids is 1. The lowest BCUT2D eigenvalue weighted by molar-refractivity contribution is -0.137. The van der Waals surface area contributed by atoms with Crippen molar-refractivity contribution in [2.75, 3.05) is 0 Å². The number of aliphatic carboxylic acids is 1. The van der Waals surface area contributed by atoms with Crippen LogP contribution in [0.1, 0.15) is 51.4 Å². The lowest BCUT2D eigenvalue weighted by Crippen LogP contribution is -2.18. The number of unbranched alkanes of at least 4 members (excludes halogenated alkanes) is 2. The molecule has 0 bridgehead atoms. The number of aliphatic hydroxyl groups excluding tert-OH is 2. The zero-order valence-electron chi connectivity index (χ0n) is 14.7. The smallest absolute Gasteiger partial charge is 0.303 e. The molecule has 3 N–H and O–H groups in total. The van der Waals surface area contributed by atoms with Gasteiger partial charge in [-0.15, -0.1) is 6.58 Å². The van der Waals surface area contributed by atoms with Crippen LogP contribution in [0.5, 0.6) is 0 Å². The number of hydrogen-bond acceptors (Lipinski definition) is 4. The van der Waals surface area contributed by atoms with Gasteiger partial charge in [0.1, 0.15) is 5.78 Å². The molecule has 1 fully saturated rings. The van der Waals surface area contributed by atoms with Gasteiger partial charge in [-0.2, -0.15) is 0 Å². The monoisotopic (exact) mass is 350 g/mol. The zero-order valence-corrected chi connectivity index (χ0v) is 14.7. The summed E-state index contributed by atoms with van der Waals surface area (Å²) in [6, 6.07) is 0. The first kappa shape index (κ1) is 21.3. The Kier molecular flexibility index (Phi) is 10.0. The van der Waals surface area contributed by atoms with Crippen molar-refractivity contribution < 1.29 is 24.9 Å². The van der Waals surface area contributed by atoms with Crippen molar-refractivity contribution in [3.8, 4) is 0 Å². The van der Waals surface area contributed by atoms with Gasteiger partial charge in [0.15, 0.2) is 0 Å². The molecule has 0 amide bonds. The Morgan fingerprint density at radius 3 is 2.72 bits per heavy atom. The van der Waals surface area contributed by atoms with E-state index in [1.807, 2.05) is 18.2 Å². The maximum atomic E-state index is 12.1. The number of carbonyl (C=O) groups is 2. The van der Waals surface area contributed by atoms with Gasteiger partial charge in [0.05, 0.1) is 12.2 Å². The van der Waals surface area contributed by atoms with Crippen LogP contribution in [0.15, 0.2) is 37.0 Å². The Morgan fingerprint density at radius 2 is 2.04 bits per heavy atom. The molecule has 0 heterocycles. The molecular weight excluding hydrogens is 320 g/mol. The molecule has 5 nitrogen and oxygen atoms in total. The molecule has 140 valence electrons. The lowest BCUT2D eigenvalue weighted by atomic mass is 9.90. The molecule has 4 unspecified atom stereocenters. The number of ketones is 1. The first-order valence-corrected chi connectivity index (χ1v) is 9.00. The van der Waals surface area contributed by atoms with Crippen molar-refractivity contribution in [2.24, 2.45) is 11.8 Å². The van der Waals surface area contributed by atoms with Gasteiger partial charge in [-0.25, -0.2) is 0 Å². The van der Waals surface area contributed by atoms with E-state index in [0.29, 0.717) is 25.7 Å². The van der Waals surface area contributed by atoms with E-state index in [9.17, 15) is 19.8 Å². The molecule has 25 heavy (non-hydrogen) atoms. The molecule has 1 aliphatic rings. The second kappa shape index (κ2) is 11.8. The van der Waals surface area contributed by atoms with Gasteiger partial charge in [0, 0.05) is 24.7 Å². The summed E-state index contributed by atoms with van der Waals surface area (Å²) in [6.07, 6.45) is 12.2. The molecule has 1 rings (SSSR count). The van der Waals surface area contributed by atoms with E-state index in [0.717, 1.165) is 12.8 Å². The summed E-state index contributed by atoms with van der Waals surface area (Å²) in [5.74, 6) is -1.31. The Labute approximate surface area is 149 Å². The second-order valence-electron chi connectivity index (χ2n) is 6.59. The summed E-state index contributed by atoms with van der Waals surface area (Å²) in [7, 11) is 0. The minimum absolute atomic E-state index is 0.0403. The van der Waals surface area contributed by atoms with E-state index < -0.39 is 18.2 Å². The van der Waals surface area contributed by atoms with Crippen LogP contribution in [-0.2, 0) is 9.59 Å². The molecule has 0 radical (unpaired) electrons. The van der Waals surface area contributed by atoms with Crippen LogP contribution in [0.25, 0.3) is 0 Å². The van der Waals surface area contributed by atoms with Crippen LogP contribution >= 0.6 is 0 Å². The molecule has 1 aliphatic carbocycles. The molecular formula is C20H30O5. The minimum atomic E-state index is -0.806. The van der Waals surface area contributed by atoms with Gasteiger partial charge >= 0.3 is 5.97 Å². The summed E-state index contributed by atoms with van der Waals surface area (Å²) >= 11 is 0. The van der Waals surface area contributed by atoms with E-state index >= 15 is 0 Å². The average molecular weight is 350 g/mol. The Hall–Kier alpha value is -1.72. The SMILES string of the molecule is C=CCCCC(O)C=CC1C(O)CC(=O)C1CC=CCCCC(=O)O. The summed E-state index contributed by atoms with van der Waals surface area (Å²) in [5.41, 5.74) is 0. The van der Waals surface area contributed by atoms with Gasteiger partial charge in [-0.3, -0.25) is 9.59 Å².